The minimum absolute atomic E-state index is 0.293. The largest absolute Gasteiger partial charge is 0.379 e. The van der Waals surface area contributed by atoms with Crippen molar-refractivity contribution in [3.05, 3.63) is 39.5 Å². The highest BCUT2D eigenvalue weighted by Gasteiger charge is 2.08. The summed E-state index contributed by atoms with van der Waals surface area (Å²) in [7, 11) is 0. The average molecular weight is 244 g/mol. The second-order valence-electron chi connectivity index (χ2n) is 3.02. The van der Waals surface area contributed by atoms with Gasteiger partial charge in [-0.3, -0.25) is 0 Å². The number of halogens is 2. The standard InChI is InChI=1S/C9H7Cl2N3O/c10-6-2-1-5(3-7(6)11)4-8-9(12)14-15-13-8/h1-3H,4H2,(H2,12,14). The highest BCUT2D eigenvalue weighted by atomic mass is 35.5. The maximum atomic E-state index is 5.87. The lowest BCUT2D eigenvalue weighted by Gasteiger charge is -2.00. The minimum Gasteiger partial charge on any atom is -0.379 e. The van der Waals surface area contributed by atoms with E-state index in [0.717, 1.165) is 5.56 Å². The molecular formula is C9H7Cl2N3O. The van der Waals surface area contributed by atoms with Gasteiger partial charge in [0.25, 0.3) is 0 Å². The fourth-order valence-electron chi connectivity index (χ4n) is 1.18. The lowest BCUT2D eigenvalue weighted by molar-refractivity contribution is 0.305. The Morgan fingerprint density at radius 1 is 1.20 bits per heavy atom. The first-order valence-corrected chi connectivity index (χ1v) is 4.93. The van der Waals surface area contributed by atoms with Gasteiger partial charge in [0.15, 0.2) is 5.82 Å². The average Bonchev–Trinajstić information content (AvgIpc) is 2.59. The number of hydrogen-bond donors (Lipinski definition) is 1. The Bertz CT molecular complexity index is 484. The first-order valence-electron chi connectivity index (χ1n) is 4.17. The molecule has 0 amide bonds. The molecule has 0 atom stereocenters. The van der Waals surface area contributed by atoms with E-state index in [2.05, 4.69) is 14.9 Å². The normalized spacial score (nSPS) is 10.5. The van der Waals surface area contributed by atoms with E-state index in [4.69, 9.17) is 28.9 Å². The molecule has 78 valence electrons. The van der Waals surface area contributed by atoms with Crippen LogP contribution in [0.15, 0.2) is 22.8 Å². The van der Waals surface area contributed by atoms with Crippen LogP contribution in [0.2, 0.25) is 10.0 Å². The Kier molecular flexibility index (Phi) is 2.79. The maximum absolute atomic E-state index is 5.87. The van der Waals surface area contributed by atoms with Crippen molar-refractivity contribution in [1.82, 2.24) is 10.3 Å². The highest BCUT2D eigenvalue weighted by Crippen LogP contribution is 2.24. The summed E-state index contributed by atoms with van der Waals surface area (Å²) < 4.78 is 4.49. The van der Waals surface area contributed by atoms with Crippen molar-refractivity contribution < 1.29 is 4.63 Å². The summed E-state index contributed by atoms with van der Waals surface area (Å²) in [5.41, 5.74) is 7.07. The van der Waals surface area contributed by atoms with Crippen molar-refractivity contribution in [1.29, 1.82) is 0 Å². The Morgan fingerprint density at radius 3 is 2.60 bits per heavy atom. The van der Waals surface area contributed by atoms with Crippen LogP contribution in [0.1, 0.15) is 11.3 Å². The zero-order valence-electron chi connectivity index (χ0n) is 7.58. The molecule has 1 aromatic carbocycles. The van der Waals surface area contributed by atoms with Crippen molar-refractivity contribution in [2.75, 3.05) is 5.73 Å². The van der Waals surface area contributed by atoms with Crippen molar-refractivity contribution in [3.63, 3.8) is 0 Å². The molecule has 0 radical (unpaired) electrons. The van der Waals surface area contributed by atoms with E-state index in [1.165, 1.54) is 0 Å². The lowest BCUT2D eigenvalue weighted by Crippen LogP contribution is -1.94. The molecule has 0 bridgehead atoms. The Morgan fingerprint density at radius 2 is 2.00 bits per heavy atom. The second kappa shape index (κ2) is 4.08. The quantitative estimate of drug-likeness (QED) is 0.881. The summed E-state index contributed by atoms with van der Waals surface area (Å²) in [6.07, 6.45) is 0.520. The molecule has 0 fully saturated rings. The van der Waals surface area contributed by atoms with E-state index in [1.54, 1.807) is 12.1 Å². The van der Waals surface area contributed by atoms with Crippen molar-refractivity contribution in [2.45, 2.75) is 6.42 Å². The molecular weight excluding hydrogens is 237 g/mol. The van der Waals surface area contributed by atoms with Gasteiger partial charge in [-0.05, 0) is 22.9 Å². The Balaban J connectivity index is 2.25. The smallest absolute Gasteiger partial charge is 0.191 e. The van der Waals surface area contributed by atoms with Crippen LogP contribution in [0, 0.1) is 0 Å². The molecule has 2 N–H and O–H groups in total. The second-order valence-corrected chi connectivity index (χ2v) is 3.84. The molecule has 4 nitrogen and oxygen atoms in total. The van der Waals surface area contributed by atoms with Gasteiger partial charge in [-0.1, -0.05) is 34.4 Å². The number of nitrogen functional groups attached to an aromatic ring is 1. The zero-order valence-corrected chi connectivity index (χ0v) is 9.09. The molecule has 0 saturated heterocycles. The predicted octanol–water partition coefficient (Wildman–Crippen LogP) is 2.55. The molecule has 15 heavy (non-hydrogen) atoms. The van der Waals surface area contributed by atoms with Crippen LogP contribution >= 0.6 is 23.2 Å². The van der Waals surface area contributed by atoms with Gasteiger partial charge < -0.3 is 5.73 Å². The monoisotopic (exact) mass is 243 g/mol. The number of hydrogen-bond acceptors (Lipinski definition) is 4. The molecule has 0 saturated carbocycles. The topological polar surface area (TPSA) is 64.9 Å². The third kappa shape index (κ3) is 2.22. The van der Waals surface area contributed by atoms with Gasteiger partial charge in [-0.15, -0.1) is 0 Å². The summed E-state index contributed by atoms with van der Waals surface area (Å²) in [4.78, 5) is 0. The van der Waals surface area contributed by atoms with Gasteiger partial charge in [-0.2, -0.15) is 0 Å². The van der Waals surface area contributed by atoms with E-state index >= 15 is 0 Å². The van der Waals surface area contributed by atoms with E-state index < -0.39 is 0 Å². The molecule has 1 heterocycles. The minimum atomic E-state index is 0.293. The molecule has 0 aliphatic heterocycles. The fraction of sp³-hybridized carbons (Fsp3) is 0.111. The molecule has 0 spiro atoms. The maximum Gasteiger partial charge on any atom is 0.191 e. The van der Waals surface area contributed by atoms with Crippen LogP contribution in [-0.2, 0) is 6.42 Å². The van der Waals surface area contributed by atoms with E-state index in [0.29, 0.717) is 28.0 Å². The number of aromatic nitrogens is 2. The summed E-state index contributed by atoms with van der Waals surface area (Å²) in [5.74, 6) is 0.293. The van der Waals surface area contributed by atoms with Crippen LogP contribution in [0.5, 0.6) is 0 Å². The van der Waals surface area contributed by atoms with Crippen molar-refractivity contribution >= 4 is 29.0 Å². The van der Waals surface area contributed by atoms with Gasteiger partial charge >= 0.3 is 0 Å². The predicted molar refractivity (Wildman–Crippen MR) is 58.0 cm³/mol. The van der Waals surface area contributed by atoms with Gasteiger partial charge in [-0.25, -0.2) is 4.63 Å². The van der Waals surface area contributed by atoms with Crippen LogP contribution < -0.4 is 5.73 Å². The van der Waals surface area contributed by atoms with Crippen LogP contribution in [-0.4, -0.2) is 10.3 Å². The van der Waals surface area contributed by atoms with Crippen molar-refractivity contribution in [3.8, 4) is 0 Å². The number of rotatable bonds is 2. The summed E-state index contributed by atoms with van der Waals surface area (Å²) in [6, 6.07) is 5.34. The van der Waals surface area contributed by atoms with Gasteiger partial charge in [0.2, 0.25) is 0 Å². The van der Waals surface area contributed by atoms with Crippen LogP contribution in [0.4, 0.5) is 5.82 Å². The number of nitrogens with zero attached hydrogens (tertiary/aromatic N) is 2. The molecule has 0 aliphatic carbocycles. The fourth-order valence-corrected chi connectivity index (χ4v) is 1.50. The van der Waals surface area contributed by atoms with Crippen molar-refractivity contribution in [2.24, 2.45) is 0 Å². The van der Waals surface area contributed by atoms with Gasteiger partial charge in [0, 0.05) is 6.42 Å². The Hall–Kier alpha value is -1.26. The van der Waals surface area contributed by atoms with Crippen LogP contribution in [0.3, 0.4) is 0 Å². The molecule has 1 aromatic heterocycles. The number of nitrogens with two attached hydrogens (primary N) is 1. The molecule has 0 unspecified atom stereocenters. The number of anilines is 1. The van der Waals surface area contributed by atoms with Crippen LogP contribution in [0.25, 0.3) is 0 Å². The molecule has 2 rings (SSSR count). The van der Waals surface area contributed by atoms with E-state index in [-0.39, 0.29) is 0 Å². The molecule has 0 aliphatic rings. The first-order chi connectivity index (χ1) is 7.16. The summed E-state index contributed by atoms with van der Waals surface area (Å²) in [5, 5.41) is 8.19. The van der Waals surface area contributed by atoms with E-state index in [1.807, 2.05) is 6.07 Å². The van der Waals surface area contributed by atoms with Gasteiger partial charge in [0.05, 0.1) is 10.0 Å². The molecule has 6 heteroatoms. The SMILES string of the molecule is Nc1nonc1Cc1ccc(Cl)c(Cl)c1. The van der Waals surface area contributed by atoms with Gasteiger partial charge in [0.1, 0.15) is 5.69 Å². The third-order valence-corrected chi connectivity index (χ3v) is 2.68. The third-order valence-electron chi connectivity index (χ3n) is 1.94. The summed E-state index contributed by atoms with van der Waals surface area (Å²) >= 11 is 11.7. The van der Waals surface area contributed by atoms with E-state index in [9.17, 15) is 0 Å². The first kappa shape index (κ1) is 10.3. The zero-order chi connectivity index (χ0) is 10.8. The Labute approximate surface area is 95.9 Å². The summed E-state index contributed by atoms with van der Waals surface area (Å²) in [6.45, 7) is 0. The number of benzene rings is 1. The highest BCUT2D eigenvalue weighted by molar-refractivity contribution is 6.42. The lowest BCUT2D eigenvalue weighted by atomic mass is 10.1. The molecule has 2 aromatic rings.